The summed E-state index contributed by atoms with van der Waals surface area (Å²) in [6.45, 7) is 5.08. The van der Waals surface area contributed by atoms with E-state index in [1.807, 2.05) is 18.6 Å². The van der Waals surface area contributed by atoms with Crippen molar-refractivity contribution in [2.75, 3.05) is 0 Å². The van der Waals surface area contributed by atoms with Gasteiger partial charge in [-0.1, -0.05) is 36.4 Å². The summed E-state index contributed by atoms with van der Waals surface area (Å²) in [7, 11) is 0. The maximum absolute atomic E-state index is 4.74. The summed E-state index contributed by atoms with van der Waals surface area (Å²) in [5, 5.41) is 0. The van der Waals surface area contributed by atoms with Crippen molar-refractivity contribution in [3.63, 3.8) is 0 Å². The first-order valence-corrected chi connectivity index (χ1v) is 7.50. The molecule has 2 nitrogen and oxygen atoms in total. The number of benzene rings is 2. The van der Waals surface area contributed by atoms with Gasteiger partial charge in [-0.05, 0) is 25.0 Å². The molecule has 0 radical (unpaired) electrons. The Kier molecular flexibility index (Phi) is 3.70. The quantitative estimate of drug-likeness (QED) is 0.627. The van der Waals surface area contributed by atoms with Gasteiger partial charge in [0.15, 0.2) is 12.0 Å². The van der Waals surface area contributed by atoms with Crippen LogP contribution in [0.3, 0.4) is 0 Å². The third kappa shape index (κ3) is 2.67. The van der Waals surface area contributed by atoms with Crippen molar-refractivity contribution >= 4 is 24.7 Å². The molecule has 3 heteroatoms. The van der Waals surface area contributed by atoms with Crippen LogP contribution in [0.2, 0.25) is 0 Å². The van der Waals surface area contributed by atoms with E-state index in [-0.39, 0.29) is 0 Å². The Morgan fingerprint density at radius 2 is 1.86 bits per heavy atom. The molecular weight excluding hydrogens is 276 g/mol. The molecule has 1 aliphatic rings. The molecule has 1 unspecified atom stereocenters. The van der Waals surface area contributed by atoms with Gasteiger partial charge in [0.25, 0.3) is 0 Å². The Labute approximate surface area is 131 Å². The number of thiol groups is 1. The molecule has 0 N–H and O–H groups in total. The van der Waals surface area contributed by atoms with Crippen LogP contribution >= 0.6 is 12.6 Å². The molecule has 0 saturated heterocycles. The van der Waals surface area contributed by atoms with Crippen LogP contribution in [0.1, 0.15) is 16.7 Å². The predicted molar refractivity (Wildman–Crippen MR) is 92.7 cm³/mol. The third-order valence-electron chi connectivity index (χ3n) is 3.85. The Morgan fingerprint density at radius 3 is 2.52 bits per heavy atom. The molecule has 3 rings (SSSR count). The van der Waals surface area contributed by atoms with Crippen LogP contribution < -0.4 is 4.48 Å². The molecule has 0 amide bonds. The van der Waals surface area contributed by atoms with E-state index in [0.717, 1.165) is 11.4 Å². The summed E-state index contributed by atoms with van der Waals surface area (Å²) in [6, 6.07) is 14.9. The second kappa shape index (κ2) is 5.51. The van der Waals surface area contributed by atoms with E-state index in [4.69, 9.17) is 12.6 Å². The molecule has 21 heavy (non-hydrogen) atoms. The van der Waals surface area contributed by atoms with E-state index in [0.29, 0.717) is 4.48 Å². The number of hydrogen-bond acceptors (Lipinski definition) is 2. The Hall–Kier alpha value is -1.84. The molecule has 1 atom stereocenters. The van der Waals surface area contributed by atoms with Gasteiger partial charge in [0.05, 0.1) is 11.1 Å². The van der Waals surface area contributed by atoms with Crippen LogP contribution in [0.15, 0.2) is 64.8 Å². The number of hydrogen-bond donors (Lipinski definition) is 1. The van der Waals surface area contributed by atoms with Gasteiger partial charge in [-0.25, -0.2) is 9.48 Å². The largest absolute Gasteiger partial charge is 0.217 e. The summed E-state index contributed by atoms with van der Waals surface area (Å²) in [4.78, 5) is 5.38. The average molecular weight is 295 g/mol. The fourth-order valence-corrected chi connectivity index (χ4v) is 3.13. The first-order valence-electron chi connectivity index (χ1n) is 7.05. The zero-order valence-corrected chi connectivity index (χ0v) is 13.2. The fourth-order valence-electron chi connectivity index (χ4n) is 2.82. The van der Waals surface area contributed by atoms with Crippen molar-refractivity contribution in [3.8, 4) is 0 Å². The molecule has 0 fully saturated rings. The lowest BCUT2D eigenvalue weighted by Crippen LogP contribution is -2.40. The Balaban J connectivity index is 2.11. The van der Waals surface area contributed by atoms with Crippen LogP contribution in [-0.4, -0.2) is 6.34 Å². The lowest BCUT2D eigenvalue weighted by Gasteiger charge is -2.29. The van der Waals surface area contributed by atoms with E-state index in [2.05, 4.69) is 61.4 Å². The molecular formula is C18H19N2S+. The van der Waals surface area contributed by atoms with Crippen molar-refractivity contribution in [1.82, 2.24) is 4.48 Å². The van der Waals surface area contributed by atoms with Gasteiger partial charge in [-0.2, -0.15) is 0 Å². The highest BCUT2D eigenvalue weighted by Gasteiger charge is 2.32. The summed E-state index contributed by atoms with van der Waals surface area (Å²) >= 11 is 4.74. The van der Waals surface area contributed by atoms with Crippen LogP contribution in [0.25, 0.3) is 0 Å². The lowest BCUT2D eigenvalue weighted by atomic mass is 10.1. The molecule has 0 saturated carbocycles. The van der Waals surface area contributed by atoms with Crippen molar-refractivity contribution in [2.24, 2.45) is 4.99 Å². The van der Waals surface area contributed by atoms with E-state index in [1.165, 1.54) is 22.4 Å². The number of nitrogens with zero attached hydrogens (tertiary/aromatic N) is 2. The highest BCUT2D eigenvalue weighted by molar-refractivity contribution is 7.80. The lowest BCUT2D eigenvalue weighted by molar-refractivity contribution is 0.546. The third-order valence-corrected chi connectivity index (χ3v) is 4.43. The van der Waals surface area contributed by atoms with E-state index in [1.54, 1.807) is 0 Å². The maximum Gasteiger partial charge on any atom is 0.200 e. The number of quaternary nitrogens is 1. The minimum absolute atomic E-state index is 0.589. The van der Waals surface area contributed by atoms with Gasteiger partial charge < -0.3 is 0 Å². The molecule has 0 aromatic heterocycles. The normalized spacial score (nSPS) is 20.1. The molecule has 2 aromatic rings. The number of aryl methyl sites for hydroxylation is 2. The zero-order chi connectivity index (χ0) is 14.9. The first-order chi connectivity index (χ1) is 10.1. The fraction of sp³-hybridized carbons (Fsp3) is 0.167. The van der Waals surface area contributed by atoms with Crippen molar-refractivity contribution < 1.29 is 0 Å². The second-order valence-corrected chi connectivity index (χ2v) is 6.03. The molecule has 0 bridgehead atoms. The molecule has 2 aromatic carbocycles. The Bertz CT molecular complexity index is 705. The number of aliphatic imine (C=N–C) groups is 1. The standard InChI is InChI=1S/C18H18N2S/c1-14-10-15(2)18(21)17(11-14)20(9-8-19-13-20)12-16-6-4-3-5-7-16/h3-11,13H,12H2,1-2H3/p+1. The minimum atomic E-state index is 0.589. The van der Waals surface area contributed by atoms with Crippen molar-refractivity contribution in [2.45, 2.75) is 25.3 Å². The second-order valence-electron chi connectivity index (χ2n) is 5.59. The van der Waals surface area contributed by atoms with Crippen LogP contribution in [0.5, 0.6) is 0 Å². The van der Waals surface area contributed by atoms with E-state index < -0.39 is 0 Å². The maximum atomic E-state index is 4.74. The molecule has 1 heterocycles. The summed E-state index contributed by atoms with van der Waals surface area (Å²) in [5.74, 6) is 0. The predicted octanol–water partition coefficient (Wildman–Crippen LogP) is 4.61. The van der Waals surface area contributed by atoms with Crippen molar-refractivity contribution in [3.05, 3.63) is 71.6 Å². The highest BCUT2D eigenvalue weighted by atomic mass is 32.1. The molecule has 0 spiro atoms. The highest BCUT2D eigenvalue weighted by Crippen LogP contribution is 2.36. The van der Waals surface area contributed by atoms with Crippen LogP contribution in [0, 0.1) is 13.8 Å². The monoisotopic (exact) mass is 295 g/mol. The van der Waals surface area contributed by atoms with Gasteiger partial charge in [-0.15, -0.1) is 12.6 Å². The van der Waals surface area contributed by atoms with Crippen LogP contribution in [-0.2, 0) is 6.54 Å². The summed E-state index contributed by atoms with van der Waals surface area (Å²) in [5.41, 5.74) is 4.91. The zero-order valence-electron chi connectivity index (χ0n) is 12.3. The average Bonchev–Trinajstić information content (AvgIpc) is 2.93. The minimum Gasteiger partial charge on any atom is -0.217 e. The SMILES string of the molecule is Cc1cc(C)c(S)c([N+]2(Cc3ccccc3)C=CN=C2)c1. The van der Waals surface area contributed by atoms with Gasteiger partial charge in [0.1, 0.15) is 12.7 Å². The molecule has 106 valence electrons. The smallest absolute Gasteiger partial charge is 0.200 e. The van der Waals surface area contributed by atoms with Crippen LogP contribution in [0.4, 0.5) is 5.69 Å². The topological polar surface area (TPSA) is 12.4 Å². The first kappa shape index (κ1) is 14.1. The van der Waals surface area contributed by atoms with Gasteiger partial charge in [-0.3, -0.25) is 0 Å². The number of rotatable bonds is 3. The van der Waals surface area contributed by atoms with Gasteiger partial charge >= 0.3 is 0 Å². The van der Waals surface area contributed by atoms with Gasteiger partial charge in [0, 0.05) is 11.6 Å². The van der Waals surface area contributed by atoms with E-state index >= 15 is 0 Å². The molecule has 0 aliphatic carbocycles. The summed E-state index contributed by atoms with van der Waals surface area (Å²) in [6.07, 6.45) is 5.98. The van der Waals surface area contributed by atoms with Crippen molar-refractivity contribution in [1.29, 1.82) is 0 Å². The molecule has 1 aliphatic heterocycles. The van der Waals surface area contributed by atoms with Gasteiger partial charge in [0.2, 0.25) is 0 Å². The Morgan fingerprint density at radius 1 is 1.10 bits per heavy atom. The van der Waals surface area contributed by atoms with E-state index in [9.17, 15) is 0 Å². The summed E-state index contributed by atoms with van der Waals surface area (Å²) < 4.78 is 0.589.